The molecule has 0 aromatic carbocycles. The van der Waals surface area contributed by atoms with E-state index in [1.54, 1.807) is 0 Å². The van der Waals surface area contributed by atoms with Gasteiger partial charge >= 0.3 is 0 Å². The summed E-state index contributed by atoms with van der Waals surface area (Å²) in [6, 6.07) is 0. The van der Waals surface area contributed by atoms with Gasteiger partial charge in [0, 0.05) is 0 Å². The van der Waals surface area contributed by atoms with Gasteiger partial charge in [0.15, 0.2) is 0 Å². The molecular weight excluding hydrogens is 100 g/mol. The van der Waals surface area contributed by atoms with E-state index >= 15 is 0 Å². The molecule has 0 spiro atoms. The predicted octanol–water partition coefficient (Wildman–Crippen LogP) is -0.834. The van der Waals surface area contributed by atoms with E-state index in [2.05, 4.69) is 34.6 Å². The Labute approximate surface area is 39.7 Å². The maximum atomic E-state index is 3.64. The van der Waals surface area contributed by atoms with Gasteiger partial charge in [0.05, 0.1) is 0 Å². The molecule has 0 saturated carbocycles. The Morgan fingerprint density at radius 1 is 1.67 bits per heavy atom. The van der Waals surface area contributed by atoms with Crippen LogP contribution < -0.4 is 0 Å². The quantitative estimate of drug-likeness (QED) is 0.433. The van der Waals surface area contributed by atoms with Crippen LogP contribution in [0.25, 0.3) is 0 Å². The summed E-state index contributed by atoms with van der Waals surface area (Å²) in [5.74, 6) is 0. The van der Waals surface area contributed by atoms with Crippen molar-refractivity contribution in [2.75, 3.05) is 0 Å². The lowest BCUT2D eigenvalue weighted by Gasteiger charge is -1.69. The molecule has 0 saturated heterocycles. The number of hydrogen-bond acceptors (Lipinski definition) is 4. The van der Waals surface area contributed by atoms with Crippen molar-refractivity contribution < 1.29 is 0 Å². The van der Waals surface area contributed by atoms with Gasteiger partial charge in [0.2, 0.25) is 6.33 Å². The van der Waals surface area contributed by atoms with Gasteiger partial charge in [0.1, 0.15) is 0 Å². The third-order valence-corrected chi connectivity index (χ3v) is 0.473. The standard InChI is InChI=1S/CHN4S/c6-5-3-1-2-4-5/h6H. The fraction of sp³-hybridized carbons (Fsp3) is 0. The lowest BCUT2D eigenvalue weighted by atomic mass is 11.4. The summed E-state index contributed by atoms with van der Waals surface area (Å²) in [6.45, 7) is 0. The molecule has 31 valence electrons. The maximum absolute atomic E-state index is 3.64. The minimum Gasteiger partial charge on any atom is -0.116 e. The second-order valence-corrected chi connectivity index (χ2v) is 1.02. The Kier molecular flexibility index (Phi) is 0.754. The second kappa shape index (κ2) is 1.25. The number of thiol groups is 1. The van der Waals surface area contributed by atoms with Crippen molar-refractivity contribution in [3.8, 4) is 0 Å². The molecule has 0 bridgehead atoms. The van der Waals surface area contributed by atoms with Gasteiger partial charge in [-0.1, -0.05) is 0 Å². The van der Waals surface area contributed by atoms with E-state index in [1.807, 2.05) is 0 Å². The average molecular weight is 101 g/mol. The Morgan fingerprint density at radius 3 is 2.67 bits per heavy atom. The topological polar surface area (TPSA) is 43.6 Å². The van der Waals surface area contributed by atoms with Gasteiger partial charge in [-0.2, -0.15) is 0 Å². The molecule has 0 unspecified atom stereocenters. The summed E-state index contributed by atoms with van der Waals surface area (Å²) >= 11 is 3.64. The van der Waals surface area contributed by atoms with Gasteiger partial charge in [-0.3, -0.25) is 0 Å². The summed E-state index contributed by atoms with van der Waals surface area (Å²) < 4.78 is 1.03. The molecule has 4 nitrogen and oxygen atoms in total. The number of nitrogens with zero attached hydrogens (tertiary/aromatic N) is 4. The van der Waals surface area contributed by atoms with Gasteiger partial charge in [-0.15, -0.1) is 14.4 Å². The van der Waals surface area contributed by atoms with E-state index in [0.717, 1.165) is 4.20 Å². The predicted molar refractivity (Wildman–Crippen MR) is 21.0 cm³/mol. The smallest absolute Gasteiger partial charge is 0.116 e. The summed E-state index contributed by atoms with van der Waals surface area (Å²) in [4.78, 5) is 0. The molecule has 5 heteroatoms. The van der Waals surface area contributed by atoms with Crippen LogP contribution in [0.2, 0.25) is 0 Å². The highest BCUT2D eigenvalue weighted by Crippen LogP contribution is 1.68. The zero-order valence-electron chi connectivity index (χ0n) is 2.74. The average Bonchev–Trinajstić information content (AvgIpc) is 1.86. The van der Waals surface area contributed by atoms with E-state index in [9.17, 15) is 0 Å². The van der Waals surface area contributed by atoms with Crippen LogP contribution in [0.15, 0.2) is 0 Å². The second-order valence-electron chi connectivity index (χ2n) is 0.658. The maximum Gasteiger partial charge on any atom is 0.247 e. The molecule has 1 aromatic rings. The SMILES string of the molecule is Sn1n[c]nn1. The number of tetrazole rings is 1. The first-order chi connectivity index (χ1) is 2.89. The van der Waals surface area contributed by atoms with Crippen LogP contribution in [0.1, 0.15) is 0 Å². The molecule has 0 aliphatic heterocycles. The van der Waals surface area contributed by atoms with Crippen LogP contribution in [-0.4, -0.2) is 19.6 Å². The number of rotatable bonds is 0. The highest BCUT2D eigenvalue weighted by atomic mass is 32.1. The molecule has 0 aliphatic carbocycles. The highest BCUT2D eigenvalue weighted by Gasteiger charge is 1.75. The van der Waals surface area contributed by atoms with E-state index in [0.29, 0.717) is 0 Å². The Hall–Kier alpha value is -0.580. The van der Waals surface area contributed by atoms with Crippen LogP contribution in [0, 0.1) is 6.33 Å². The molecule has 0 atom stereocenters. The van der Waals surface area contributed by atoms with Crippen LogP contribution in [-0.2, 0) is 0 Å². The summed E-state index contributed by atoms with van der Waals surface area (Å²) in [5.41, 5.74) is 0. The molecule has 1 rings (SSSR count). The van der Waals surface area contributed by atoms with E-state index in [-0.39, 0.29) is 0 Å². The van der Waals surface area contributed by atoms with Crippen LogP contribution >= 0.6 is 12.8 Å². The first-order valence-corrected chi connectivity index (χ1v) is 1.65. The number of aromatic nitrogens is 4. The zero-order chi connectivity index (χ0) is 4.41. The van der Waals surface area contributed by atoms with Crippen molar-refractivity contribution in [1.29, 1.82) is 0 Å². The normalized spacial score (nSPS) is 8.83. The van der Waals surface area contributed by atoms with E-state index in [1.165, 1.54) is 0 Å². The first kappa shape index (κ1) is 3.60. The highest BCUT2D eigenvalue weighted by molar-refractivity contribution is 7.78. The molecule has 1 heterocycles. The van der Waals surface area contributed by atoms with Crippen molar-refractivity contribution in [3.63, 3.8) is 0 Å². The van der Waals surface area contributed by atoms with E-state index in [4.69, 9.17) is 0 Å². The lowest BCUT2D eigenvalue weighted by molar-refractivity contribution is 0.824. The molecule has 0 fully saturated rings. The zero-order valence-corrected chi connectivity index (χ0v) is 3.63. The third kappa shape index (κ3) is 0.486. The molecule has 1 aromatic heterocycles. The Morgan fingerprint density at radius 2 is 2.50 bits per heavy atom. The summed E-state index contributed by atoms with van der Waals surface area (Å²) in [6.07, 6.45) is 2.20. The molecule has 6 heavy (non-hydrogen) atoms. The number of hydrogen-bond donors (Lipinski definition) is 1. The minimum absolute atomic E-state index is 1.03. The van der Waals surface area contributed by atoms with Crippen molar-refractivity contribution in [2.24, 2.45) is 0 Å². The van der Waals surface area contributed by atoms with Crippen molar-refractivity contribution in [2.45, 2.75) is 0 Å². The molecular formula is CHN4S. The van der Waals surface area contributed by atoms with Crippen LogP contribution in [0.5, 0.6) is 0 Å². The largest absolute Gasteiger partial charge is 0.247 e. The van der Waals surface area contributed by atoms with Gasteiger partial charge in [-0.25, -0.2) is 0 Å². The monoisotopic (exact) mass is 101 g/mol. The summed E-state index contributed by atoms with van der Waals surface area (Å²) in [5, 5.41) is 9.85. The molecule has 0 N–H and O–H groups in total. The fourth-order valence-corrected chi connectivity index (χ4v) is 0.220. The van der Waals surface area contributed by atoms with Crippen molar-refractivity contribution in [3.05, 3.63) is 6.33 Å². The van der Waals surface area contributed by atoms with Crippen LogP contribution in [0.3, 0.4) is 0 Å². The lowest BCUT2D eigenvalue weighted by Crippen LogP contribution is -1.82. The van der Waals surface area contributed by atoms with Crippen LogP contribution in [0.4, 0.5) is 0 Å². The summed E-state index contributed by atoms with van der Waals surface area (Å²) in [7, 11) is 0. The van der Waals surface area contributed by atoms with E-state index < -0.39 is 0 Å². The van der Waals surface area contributed by atoms with Crippen molar-refractivity contribution in [1.82, 2.24) is 19.6 Å². The third-order valence-electron chi connectivity index (χ3n) is 0.304. The van der Waals surface area contributed by atoms with Crippen molar-refractivity contribution >= 4 is 12.8 Å². The first-order valence-electron chi connectivity index (χ1n) is 1.25. The molecule has 0 aliphatic rings. The van der Waals surface area contributed by atoms with Gasteiger partial charge in [0.25, 0.3) is 0 Å². The van der Waals surface area contributed by atoms with Gasteiger partial charge < -0.3 is 0 Å². The fourth-order valence-electron chi connectivity index (χ4n) is 0.140. The molecule has 0 amide bonds. The van der Waals surface area contributed by atoms with Gasteiger partial charge in [-0.05, 0) is 18.0 Å². The minimum atomic E-state index is 1.03. The molecule has 1 radical (unpaired) electrons. The Balaban J connectivity index is 3.05. The Bertz CT molecular complexity index is 111.